The molecule has 2 aromatic rings. The molecule has 0 saturated carbocycles. The molecule has 1 atom stereocenters. The van der Waals surface area contributed by atoms with Crippen LogP contribution in [-0.2, 0) is 19.1 Å². The molecule has 0 unspecified atom stereocenters. The molecule has 2 aromatic carbocycles. The van der Waals surface area contributed by atoms with Crippen molar-refractivity contribution in [2.45, 2.75) is 19.4 Å². The first kappa shape index (κ1) is 29.7. The molecule has 1 N–H and O–H groups in total. The van der Waals surface area contributed by atoms with Crippen LogP contribution in [0.15, 0.2) is 70.2 Å². The van der Waals surface area contributed by atoms with E-state index in [4.69, 9.17) is 23.9 Å². The Morgan fingerprint density at radius 3 is 2.60 bits per heavy atom. The average Bonchev–Trinajstić information content (AvgIpc) is 3.42. The van der Waals surface area contributed by atoms with E-state index in [0.717, 1.165) is 36.5 Å². The number of thioether (sulfide) groups is 1. The lowest BCUT2D eigenvalue weighted by Crippen LogP contribution is -2.42. The second-order valence-corrected chi connectivity index (χ2v) is 10.7. The highest BCUT2D eigenvalue weighted by Gasteiger charge is 2.43. The van der Waals surface area contributed by atoms with Crippen molar-refractivity contribution in [1.82, 2.24) is 15.1 Å². The Hall–Kier alpha value is -3.80. The van der Waals surface area contributed by atoms with Crippen LogP contribution in [-0.4, -0.2) is 87.1 Å². The number of amides is 1. The van der Waals surface area contributed by atoms with Gasteiger partial charge in [0.05, 0.1) is 57.8 Å². The normalized spacial score (nSPS) is 18.6. The van der Waals surface area contributed by atoms with Crippen molar-refractivity contribution in [3.8, 4) is 11.5 Å². The van der Waals surface area contributed by atoms with Crippen LogP contribution in [0.5, 0.6) is 11.5 Å². The van der Waals surface area contributed by atoms with Crippen LogP contribution in [0.2, 0.25) is 0 Å². The summed E-state index contributed by atoms with van der Waals surface area (Å²) in [7, 11) is 3.17. The Morgan fingerprint density at radius 1 is 1.10 bits per heavy atom. The number of rotatable bonds is 11. The van der Waals surface area contributed by atoms with E-state index < -0.39 is 12.0 Å². The molecule has 11 heteroatoms. The summed E-state index contributed by atoms with van der Waals surface area (Å²) in [5.41, 5.74) is 3.15. The molecule has 1 saturated heterocycles. The Labute approximate surface area is 250 Å². The summed E-state index contributed by atoms with van der Waals surface area (Å²) in [5.74, 6) is 0.582. The number of amidine groups is 1. The van der Waals surface area contributed by atoms with Gasteiger partial charge < -0.3 is 29.2 Å². The van der Waals surface area contributed by atoms with Gasteiger partial charge in [-0.15, -0.1) is 0 Å². The van der Waals surface area contributed by atoms with Gasteiger partial charge in [-0.1, -0.05) is 42.1 Å². The molecule has 0 spiro atoms. The number of morpholine rings is 1. The zero-order valence-corrected chi connectivity index (χ0v) is 24.9. The number of benzene rings is 2. The van der Waals surface area contributed by atoms with Crippen molar-refractivity contribution < 1.29 is 28.5 Å². The van der Waals surface area contributed by atoms with E-state index in [1.165, 1.54) is 11.8 Å². The maximum atomic E-state index is 13.7. The maximum Gasteiger partial charge on any atom is 0.338 e. The van der Waals surface area contributed by atoms with E-state index in [-0.39, 0.29) is 18.9 Å². The molecular weight excluding hydrogens is 556 g/mol. The van der Waals surface area contributed by atoms with Crippen LogP contribution in [0.3, 0.4) is 0 Å². The van der Waals surface area contributed by atoms with Gasteiger partial charge in [-0.05, 0) is 24.5 Å². The van der Waals surface area contributed by atoms with Crippen molar-refractivity contribution >= 4 is 34.5 Å². The number of fused-ring (bicyclic) bond motifs is 1. The van der Waals surface area contributed by atoms with Crippen LogP contribution in [0.1, 0.15) is 30.5 Å². The number of carbonyl (C=O) groups excluding carboxylic acids is 2. The minimum Gasteiger partial charge on any atom is -0.497 e. The lowest BCUT2D eigenvalue weighted by molar-refractivity contribution is -0.139. The van der Waals surface area contributed by atoms with Crippen LogP contribution >= 0.6 is 11.8 Å². The van der Waals surface area contributed by atoms with E-state index in [1.807, 2.05) is 52.8 Å². The molecule has 0 aliphatic carbocycles. The fourth-order valence-corrected chi connectivity index (χ4v) is 6.15. The second-order valence-electron chi connectivity index (χ2n) is 9.83. The van der Waals surface area contributed by atoms with Gasteiger partial charge in [-0.3, -0.25) is 9.69 Å². The second kappa shape index (κ2) is 13.9. The highest BCUT2D eigenvalue weighted by molar-refractivity contribution is 8.16. The molecule has 1 fully saturated rings. The third-order valence-corrected chi connectivity index (χ3v) is 8.17. The van der Waals surface area contributed by atoms with Crippen molar-refractivity contribution in [2.75, 3.05) is 60.2 Å². The molecule has 1 amide bonds. The number of carbonyl (C=O) groups is 2. The molecule has 5 rings (SSSR count). The number of nitrogens with one attached hydrogen (secondary N) is 1. The van der Waals surface area contributed by atoms with Crippen molar-refractivity contribution in [3.63, 3.8) is 0 Å². The highest BCUT2D eigenvalue weighted by atomic mass is 32.2. The monoisotopic (exact) mass is 592 g/mol. The van der Waals surface area contributed by atoms with E-state index in [1.54, 1.807) is 27.2 Å². The highest BCUT2D eigenvalue weighted by Crippen LogP contribution is 2.49. The summed E-state index contributed by atoms with van der Waals surface area (Å²) in [6.45, 7) is 6.45. The predicted octanol–water partition coefficient (Wildman–Crippen LogP) is 3.82. The lowest BCUT2D eigenvalue weighted by Gasteiger charge is -2.37. The molecule has 0 bridgehead atoms. The minimum absolute atomic E-state index is 0.104. The van der Waals surface area contributed by atoms with Crippen molar-refractivity contribution in [2.24, 2.45) is 4.99 Å². The first-order valence-electron chi connectivity index (χ1n) is 14.0. The molecule has 0 aromatic heterocycles. The van der Waals surface area contributed by atoms with Crippen molar-refractivity contribution in [3.05, 3.63) is 76.3 Å². The summed E-state index contributed by atoms with van der Waals surface area (Å²) < 4.78 is 22.3. The fraction of sp³-hybridized carbons (Fsp3) is 0.387. The van der Waals surface area contributed by atoms with Crippen molar-refractivity contribution in [1.29, 1.82) is 0 Å². The number of aliphatic imine (C=N–C) groups is 1. The zero-order chi connectivity index (χ0) is 29.5. The minimum atomic E-state index is -0.657. The number of ether oxygens (including phenoxy) is 4. The van der Waals surface area contributed by atoms with Gasteiger partial charge in [-0.2, -0.15) is 0 Å². The van der Waals surface area contributed by atoms with E-state index in [0.29, 0.717) is 47.7 Å². The molecular formula is C31H36N4O6S. The maximum absolute atomic E-state index is 13.7. The quantitative estimate of drug-likeness (QED) is 0.390. The number of hydrogen-bond acceptors (Lipinski definition) is 10. The third-order valence-electron chi connectivity index (χ3n) is 7.28. The van der Waals surface area contributed by atoms with E-state index in [2.05, 4.69) is 10.2 Å². The van der Waals surface area contributed by atoms with Gasteiger partial charge in [0.1, 0.15) is 11.5 Å². The Morgan fingerprint density at radius 2 is 1.88 bits per heavy atom. The van der Waals surface area contributed by atoms with Gasteiger partial charge in [0.2, 0.25) is 5.91 Å². The number of hydrogen-bond donors (Lipinski definition) is 1. The van der Waals surface area contributed by atoms with Gasteiger partial charge >= 0.3 is 5.97 Å². The first-order valence-corrected chi connectivity index (χ1v) is 14.9. The Kier molecular flexibility index (Phi) is 9.83. The number of nitrogens with zero attached hydrogens (tertiary/aromatic N) is 3. The largest absolute Gasteiger partial charge is 0.497 e. The average molecular weight is 593 g/mol. The lowest BCUT2D eigenvalue weighted by atomic mass is 9.90. The standard InChI is InChI=1S/C31H36N4O6S/c1-4-41-30(37)27-28(21-8-6-5-7-9-21)33-31-35(29(27)24-11-10-23(38-2)19-25(24)39-3)22(20-42-31)18-26(36)32-12-13-34-14-16-40-17-15-34/h5-11,19-20,29H,4,12-18H2,1-3H3,(H,32,36)/t29-/m0/s1. The number of methoxy groups -OCH3 is 2. The molecule has 3 aliphatic rings. The topological polar surface area (TPSA) is 102 Å². The Bertz CT molecular complexity index is 1390. The zero-order valence-electron chi connectivity index (χ0n) is 24.1. The van der Waals surface area contributed by atoms with Gasteiger partial charge in [0, 0.05) is 49.1 Å². The smallest absolute Gasteiger partial charge is 0.338 e. The fourth-order valence-electron chi connectivity index (χ4n) is 5.23. The van der Waals surface area contributed by atoms with Crippen LogP contribution in [0, 0.1) is 0 Å². The summed E-state index contributed by atoms with van der Waals surface area (Å²) in [5, 5.41) is 5.65. The Balaban J connectivity index is 1.51. The molecule has 0 radical (unpaired) electrons. The summed E-state index contributed by atoms with van der Waals surface area (Å²) in [4.78, 5) is 36.1. The summed E-state index contributed by atoms with van der Waals surface area (Å²) in [6.07, 6.45) is 0.126. The number of esters is 1. The van der Waals surface area contributed by atoms with Gasteiger partial charge in [0.25, 0.3) is 0 Å². The van der Waals surface area contributed by atoms with Gasteiger partial charge in [0.15, 0.2) is 5.17 Å². The van der Waals surface area contributed by atoms with Crippen LogP contribution in [0.25, 0.3) is 5.70 Å². The molecule has 42 heavy (non-hydrogen) atoms. The van der Waals surface area contributed by atoms with Crippen LogP contribution in [0.4, 0.5) is 0 Å². The summed E-state index contributed by atoms with van der Waals surface area (Å²) >= 11 is 1.43. The molecule has 222 valence electrons. The predicted molar refractivity (Wildman–Crippen MR) is 162 cm³/mol. The molecule has 10 nitrogen and oxygen atoms in total. The van der Waals surface area contributed by atoms with E-state index >= 15 is 0 Å². The third kappa shape index (κ3) is 6.48. The van der Waals surface area contributed by atoms with E-state index in [9.17, 15) is 9.59 Å². The van der Waals surface area contributed by atoms with Crippen LogP contribution < -0.4 is 14.8 Å². The SMILES string of the molecule is CCOC(=O)C1=C(c2ccccc2)N=C2SC=C(CC(=O)NCCN3CCOCC3)N2[C@H]1c1ccc(OC)cc1OC. The molecule has 3 aliphatic heterocycles. The molecule has 3 heterocycles. The first-order chi connectivity index (χ1) is 20.5. The van der Waals surface area contributed by atoms with Gasteiger partial charge in [-0.25, -0.2) is 9.79 Å². The summed E-state index contributed by atoms with van der Waals surface area (Å²) in [6, 6.07) is 14.4.